The number of carbonyl (C=O) groups excluding carboxylic acids is 3. The topological polar surface area (TPSA) is 146 Å². The zero-order valence-electron chi connectivity index (χ0n) is 25.8. The van der Waals surface area contributed by atoms with Crippen LogP contribution in [-0.2, 0) is 20.8 Å². The number of hydrogen-bond donors (Lipinski definition) is 5. The van der Waals surface area contributed by atoms with E-state index in [-0.39, 0.29) is 34.4 Å². The fourth-order valence-corrected chi connectivity index (χ4v) is 7.14. The Hall–Kier alpha value is -2.34. The van der Waals surface area contributed by atoms with Crippen LogP contribution in [0.15, 0.2) is 24.3 Å². The highest BCUT2D eigenvalue weighted by Crippen LogP contribution is 2.33. The Bertz CT molecular complexity index is 983. The molecular weight excluding hydrogens is 550 g/mol. The summed E-state index contributed by atoms with van der Waals surface area (Å²) in [5.41, 5.74) is 14.5. The minimum atomic E-state index is -0.779. The van der Waals surface area contributed by atoms with Gasteiger partial charge in [0, 0.05) is 50.9 Å². The van der Waals surface area contributed by atoms with Crippen LogP contribution in [0.1, 0.15) is 64.9 Å². The molecule has 11 heteroatoms. The van der Waals surface area contributed by atoms with E-state index in [4.69, 9.17) is 11.5 Å². The fraction of sp³-hybridized carbons (Fsp3) is 0.710. The molecule has 1 aromatic carbocycles. The predicted molar refractivity (Wildman–Crippen MR) is 172 cm³/mol. The van der Waals surface area contributed by atoms with Gasteiger partial charge in [-0.3, -0.25) is 14.4 Å². The van der Waals surface area contributed by atoms with E-state index < -0.39 is 6.04 Å². The standard InChI is InChI=1S/C31H53N7O3S/c1-4-37(5-2)19-18-34-27(39)9-7-8-22-12-16-25(17-13-22)35-21-26-30(41)38(6-3)31(42-26)28(33)29(40)36-20-23-10-14-24(32)15-11-23/h12-13,16-17,23-24,26,28,31,35H,4-11,14-15,18-21,32-33H2,1-3H3,(H,34,39)(H,36,40)/t23?,24?,26-,28-,31?/m1/s1. The van der Waals surface area contributed by atoms with Gasteiger partial charge in [0.2, 0.25) is 17.7 Å². The average molecular weight is 604 g/mol. The number of nitrogens with zero attached hydrogens (tertiary/aromatic N) is 2. The molecule has 2 aliphatic rings. The molecule has 3 amide bonds. The van der Waals surface area contributed by atoms with Gasteiger partial charge in [-0.1, -0.05) is 26.0 Å². The molecule has 7 N–H and O–H groups in total. The molecule has 1 heterocycles. The van der Waals surface area contributed by atoms with Gasteiger partial charge in [0.05, 0.1) is 0 Å². The van der Waals surface area contributed by atoms with Crippen molar-refractivity contribution in [3.63, 3.8) is 0 Å². The van der Waals surface area contributed by atoms with Crippen molar-refractivity contribution in [2.24, 2.45) is 17.4 Å². The summed E-state index contributed by atoms with van der Waals surface area (Å²) in [4.78, 5) is 42.1. The van der Waals surface area contributed by atoms with Gasteiger partial charge in [-0.25, -0.2) is 0 Å². The maximum atomic E-state index is 13.1. The largest absolute Gasteiger partial charge is 0.383 e. The first kappa shape index (κ1) is 34.2. The minimum absolute atomic E-state index is 0.0107. The quantitative estimate of drug-likeness (QED) is 0.182. The van der Waals surface area contributed by atoms with Crippen molar-refractivity contribution in [1.82, 2.24) is 20.4 Å². The number of aryl methyl sites for hydroxylation is 1. The summed E-state index contributed by atoms with van der Waals surface area (Å²) in [6, 6.07) is 7.64. The highest BCUT2D eigenvalue weighted by atomic mass is 32.2. The maximum Gasteiger partial charge on any atom is 0.239 e. The first-order valence-electron chi connectivity index (χ1n) is 15.8. The normalized spacial score (nSPS) is 23.2. The molecule has 42 heavy (non-hydrogen) atoms. The van der Waals surface area contributed by atoms with Gasteiger partial charge in [0.25, 0.3) is 0 Å². The van der Waals surface area contributed by atoms with Crippen molar-refractivity contribution in [3.05, 3.63) is 29.8 Å². The van der Waals surface area contributed by atoms with Gasteiger partial charge in [-0.15, -0.1) is 11.8 Å². The molecule has 2 fully saturated rings. The van der Waals surface area contributed by atoms with Crippen LogP contribution >= 0.6 is 11.8 Å². The summed E-state index contributed by atoms with van der Waals surface area (Å²) in [5.74, 6) is 0.355. The van der Waals surface area contributed by atoms with Crippen LogP contribution < -0.4 is 27.4 Å². The van der Waals surface area contributed by atoms with Gasteiger partial charge >= 0.3 is 0 Å². The van der Waals surface area contributed by atoms with Gasteiger partial charge in [-0.05, 0) is 82.2 Å². The fourth-order valence-electron chi connectivity index (χ4n) is 5.68. The minimum Gasteiger partial charge on any atom is -0.383 e. The summed E-state index contributed by atoms with van der Waals surface area (Å²) in [7, 11) is 0. The van der Waals surface area contributed by atoms with Crippen LogP contribution in [0.25, 0.3) is 0 Å². The third kappa shape index (κ3) is 10.4. The zero-order valence-corrected chi connectivity index (χ0v) is 26.6. The van der Waals surface area contributed by atoms with Gasteiger partial charge in [-0.2, -0.15) is 0 Å². The van der Waals surface area contributed by atoms with Crippen LogP contribution in [0.5, 0.6) is 0 Å². The lowest BCUT2D eigenvalue weighted by molar-refractivity contribution is -0.131. The lowest BCUT2D eigenvalue weighted by Gasteiger charge is -2.29. The molecule has 1 aliphatic heterocycles. The van der Waals surface area contributed by atoms with E-state index in [2.05, 4.69) is 46.8 Å². The second-order valence-corrected chi connectivity index (χ2v) is 12.8. The number of anilines is 1. The van der Waals surface area contributed by atoms with Crippen LogP contribution in [0, 0.1) is 5.92 Å². The third-order valence-electron chi connectivity index (χ3n) is 8.54. The zero-order chi connectivity index (χ0) is 30.5. The Labute approximate surface area is 256 Å². The lowest BCUT2D eigenvalue weighted by atomic mass is 9.86. The third-order valence-corrected chi connectivity index (χ3v) is 10.1. The van der Waals surface area contributed by atoms with E-state index in [0.717, 1.165) is 63.8 Å². The summed E-state index contributed by atoms with van der Waals surface area (Å²) in [5, 5.41) is 8.72. The van der Waals surface area contributed by atoms with E-state index >= 15 is 0 Å². The molecule has 0 spiro atoms. The molecule has 1 saturated heterocycles. The van der Waals surface area contributed by atoms with Crippen molar-refractivity contribution >= 4 is 35.2 Å². The number of rotatable bonds is 17. The summed E-state index contributed by atoms with van der Waals surface area (Å²) in [6.45, 7) is 11.3. The highest BCUT2D eigenvalue weighted by molar-refractivity contribution is 8.01. The van der Waals surface area contributed by atoms with Crippen LogP contribution in [0.2, 0.25) is 0 Å². The van der Waals surface area contributed by atoms with Crippen molar-refractivity contribution in [1.29, 1.82) is 0 Å². The molecule has 3 rings (SSSR count). The molecule has 1 aliphatic carbocycles. The van der Waals surface area contributed by atoms with Crippen LogP contribution in [-0.4, -0.2) is 96.0 Å². The number of nitrogens with two attached hydrogens (primary N) is 2. The summed E-state index contributed by atoms with van der Waals surface area (Å²) < 4.78 is 0. The average Bonchev–Trinajstić information content (AvgIpc) is 3.32. The van der Waals surface area contributed by atoms with Crippen LogP contribution in [0.3, 0.4) is 0 Å². The Kier molecular flexibility index (Phi) is 14.4. The molecule has 1 saturated carbocycles. The Morgan fingerprint density at radius 2 is 1.74 bits per heavy atom. The van der Waals surface area contributed by atoms with Gasteiger partial charge < -0.3 is 37.2 Å². The number of thioether (sulfide) groups is 1. The Balaban J connectivity index is 1.39. The first-order valence-corrected chi connectivity index (χ1v) is 16.8. The number of amides is 3. The van der Waals surface area contributed by atoms with E-state index in [1.807, 2.05) is 19.1 Å². The number of likely N-dealkylation sites (N-methyl/N-ethyl adjacent to an activating group) is 2. The molecule has 236 valence electrons. The van der Waals surface area contributed by atoms with Crippen molar-refractivity contribution < 1.29 is 14.4 Å². The van der Waals surface area contributed by atoms with Crippen molar-refractivity contribution in [3.8, 4) is 0 Å². The monoisotopic (exact) mass is 603 g/mol. The lowest BCUT2D eigenvalue weighted by Crippen LogP contribution is -2.53. The molecule has 0 radical (unpaired) electrons. The SMILES string of the molecule is CCN(CC)CCNC(=O)CCCc1ccc(NC[C@H]2SC([C@H](N)C(=O)NCC3CCC(N)CC3)N(CC)C2=O)cc1. The molecule has 0 bridgehead atoms. The smallest absolute Gasteiger partial charge is 0.239 e. The second-order valence-electron chi connectivity index (χ2n) is 11.5. The summed E-state index contributed by atoms with van der Waals surface area (Å²) in [6.07, 6.45) is 6.20. The number of benzene rings is 1. The first-order chi connectivity index (χ1) is 20.2. The molecule has 1 unspecified atom stereocenters. The van der Waals surface area contributed by atoms with Gasteiger partial charge in [0.15, 0.2) is 0 Å². The Morgan fingerprint density at radius 1 is 1.05 bits per heavy atom. The molecule has 10 nitrogen and oxygen atoms in total. The summed E-state index contributed by atoms with van der Waals surface area (Å²) >= 11 is 1.47. The maximum absolute atomic E-state index is 13.1. The van der Waals surface area contributed by atoms with E-state index in [9.17, 15) is 14.4 Å². The van der Waals surface area contributed by atoms with Crippen LogP contribution in [0.4, 0.5) is 5.69 Å². The Morgan fingerprint density at radius 3 is 2.38 bits per heavy atom. The molecule has 1 aromatic rings. The molecule has 3 atom stereocenters. The second kappa shape index (κ2) is 17.7. The van der Waals surface area contributed by atoms with Crippen molar-refractivity contribution in [2.45, 2.75) is 88.4 Å². The van der Waals surface area contributed by atoms with E-state index in [0.29, 0.717) is 38.5 Å². The number of nitrogens with one attached hydrogen (secondary N) is 3. The van der Waals surface area contributed by atoms with Gasteiger partial charge in [0.1, 0.15) is 16.7 Å². The number of hydrogen-bond acceptors (Lipinski definition) is 8. The molecule has 0 aromatic heterocycles. The van der Waals surface area contributed by atoms with Crippen molar-refractivity contribution in [2.75, 3.05) is 51.1 Å². The highest BCUT2D eigenvalue weighted by Gasteiger charge is 2.44. The number of carbonyl (C=O) groups is 3. The molecular formula is C31H53N7O3S. The predicted octanol–water partition coefficient (Wildman–Crippen LogP) is 2.13. The van der Waals surface area contributed by atoms with E-state index in [1.54, 1.807) is 4.90 Å². The van der Waals surface area contributed by atoms with E-state index in [1.165, 1.54) is 17.3 Å².